The van der Waals surface area contributed by atoms with E-state index in [0.29, 0.717) is 6.04 Å². The molecule has 30 heavy (non-hydrogen) atoms. The zero-order valence-electron chi connectivity index (χ0n) is 18.4. The second-order valence-electron chi connectivity index (χ2n) is 8.26. The molecule has 5 heteroatoms. The van der Waals surface area contributed by atoms with Crippen LogP contribution in [0.4, 0.5) is 0 Å². The topological polar surface area (TPSA) is 43.9 Å². The van der Waals surface area contributed by atoms with E-state index in [2.05, 4.69) is 17.9 Å². The lowest BCUT2D eigenvalue weighted by Gasteiger charge is -2.38. The number of hydrogen-bond donors (Lipinski definition) is 0. The predicted molar refractivity (Wildman–Crippen MR) is 121 cm³/mol. The van der Waals surface area contributed by atoms with Crippen LogP contribution in [-0.2, 0) is 6.54 Å². The molecule has 0 N–H and O–H groups in total. The predicted octanol–water partition coefficient (Wildman–Crippen LogP) is 3.91. The van der Waals surface area contributed by atoms with E-state index >= 15 is 0 Å². The summed E-state index contributed by atoms with van der Waals surface area (Å²) in [6.45, 7) is 5.63. The summed E-state index contributed by atoms with van der Waals surface area (Å²) < 4.78 is 0. The Balaban J connectivity index is 1.63. The summed E-state index contributed by atoms with van der Waals surface area (Å²) in [5.41, 5.74) is 2.67. The van der Waals surface area contributed by atoms with Crippen molar-refractivity contribution in [1.82, 2.24) is 14.7 Å². The molecule has 0 atom stereocenters. The highest BCUT2D eigenvalue weighted by Gasteiger charge is 2.27. The van der Waals surface area contributed by atoms with E-state index in [1.165, 1.54) is 5.56 Å². The molecule has 0 saturated carbocycles. The van der Waals surface area contributed by atoms with Crippen molar-refractivity contribution in [3.05, 3.63) is 71.3 Å². The first-order chi connectivity index (χ1) is 14.5. The SMILES string of the molecule is CCCN(Cc1cccc(C(=O)N(C)C)c1)C1CCN(C(=O)c2ccccc2)CC1. The number of likely N-dealkylation sites (tertiary alicyclic amines) is 1. The summed E-state index contributed by atoms with van der Waals surface area (Å²) in [6.07, 6.45) is 3.04. The Hall–Kier alpha value is -2.66. The average molecular weight is 408 g/mol. The molecule has 0 aromatic heterocycles. The van der Waals surface area contributed by atoms with Crippen LogP contribution < -0.4 is 0 Å². The first-order valence-corrected chi connectivity index (χ1v) is 10.9. The second-order valence-corrected chi connectivity index (χ2v) is 8.26. The van der Waals surface area contributed by atoms with Gasteiger partial charge in [-0.15, -0.1) is 0 Å². The van der Waals surface area contributed by atoms with Crippen molar-refractivity contribution in [2.24, 2.45) is 0 Å². The third kappa shape index (κ3) is 5.48. The smallest absolute Gasteiger partial charge is 0.253 e. The van der Waals surface area contributed by atoms with Gasteiger partial charge in [-0.2, -0.15) is 0 Å². The lowest BCUT2D eigenvalue weighted by atomic mass is 10.0. The van der Waals surface area contributed by atoms with Crippen LogP contribution in [0.5, 0.6) is 0 Å². The number of hydrogen-bond acceptors (Lipinski definition) is 3. The summed E-state index contributed by atoms with van der Waals surface area (Å²) in [5.74, 6) is 0.164. The Labute approximate surface area is 180 Å². The maximum absolute atomic E-state index is 12.7. The Morgan fingerprint density at radius 2 is 1.63 bits per heavy atom. The molecule has 0 radical (unpaired) electrons. The van der Waals surface area contributed by atoms with Crippen molar-refractivity contribution in [2.45, 2.75) is 38.8 Å². The lowest BCUT2D eigenvalue weighted by molar-refractivity contribution is 0.0607. The molecule has 5 nitrogen and oxygen atoms in total. The Bertz CT molecular complexity index is 842. The van der Waals surface area contributed by atoms with Gasteiger partial charge in [-0.1, -0.05) is 37.3 Å². The van der Waals surface area contributed by atoms with E-state index in [1.807, 2.05) is 53.4 Å². The molecule has 2 aromatic rings. The molecule has 1 aliphatic rings. The van der Waals surface area contributed by atoms with Crippen molar-refractivity contribution >= 4 is 11.8 Å². The first kappa shape index (κ1) is 22.0. The van der Waals surface area contributed by atoms with Gasteiger partial charge in [0.2, 0.25) is 0 Å². The van der Waals surface area contributed by atoms with Gasteiger partial charge in [-0.05, 0) is 55.6 Å². The molecular formula is C25H33N3O2. The quantitative estimate of drug-likeness (QED) is 0.699. The number of carbonyl (C=O) groups is 2. The Morgan fingerprint density at radius 1 is 0.967 bits per heavy atom. The van der Waals surface area contributed by atoms with Crippen LogP contribution in [0.1, 0.15) is 52.5 Å². The minimum Gasteiger partial charge on any atom is -0.345 e. The normalized spacial score (nSPS) is 14.7. The van der Waals surface area contributed by atoms with Crippen LogP contribution >= 0.6 is 0 Å². The fourth-order valence-electron chi connectivity index (χ4n) is 4.17. The summed E-state index contributed by atoms with van der Waals surface area (Å²) in [7, 11) is 3.56. The Morgan fingerprint density at radius 3 is 2.27 bits per heavy atom. The maximum atomic E-state index is 12.7. The number of piperidine rings is 1. The standard InChI is InChI=1S/C25H33N3O2/c1-4-15-28(19-20-9-8-12-22(18-20)24(29)26(2)3)23-13-16-27(17-14-23)25(30)21-10-6-5-7-11-21/h5-12,18,23H,4,13-17,19H2,1-3H3. The van der Waals surface area contributed by atoms with Gasteiger partial charge in [0.1, 0.15) is 0 Å². The van der Waals surface area contributed by atoms with Gasteiger partial charge in [-0.25, -0.2) is 0 Å². The second kappa shape index (κ2) is 10.4. The summed E-state index contributed by atoms with van der Waals surface area (Å²) >= 11 is 0. The Kier molecular flexibility index (Phi) is 7.63. The van der Waals surface area contributed by atoms with E-state index in [1.54, 1.807) is 19.0 Å². The van der Waals surface area contributed by atoms with Crippen molar-refractivity contribution in [3.8, 4) is 0 Å². The number of carbonyl (C=O) groups excluding carboxylic acids is 2. The molecule has 3 rings (SSSR count). The van der Waals surface area contributed by atoms with Crippen molar-refractivity contribution in [2.75, 3.05) is 33.7 Å². The van der Waals surface area contributed by atoms with Crippen molar-refractivity contribution in [3.63, 3.8) is 0 Å². The van der Waals surface area contributed by atoms with Crippen molar-refractivity contribution < 1.29 is 9.59 Å². The fraction of sp³-hybridized carbons (Fsp3) is 0.440. The van der Waals surface area contributed by atoms with Gasteiger partial charge in [0.05, 0.1) is 0 Å². The van der Waals surface area contributed by atoms with E-state index in [4.69, 9.17) is 0 Å². The van der Waals surface area contributed by atoms with Crippen LogP contribution in [0.2, 0.25) is 0 Å². The van der Waals surface area contributed by atoms with Gasteiger partial charge >= 0.3 is 0 Å². The zero-order chi connectivity index (χ0) is 21.5. The monoisotopic (exact) mass is 407 g/mol. The van der Waals surface area contributed by atoms with Gasteiger partial charge in [-0.3, -0.25) is 14.5 Å². The molecule has 0 spiro atoms. The third-order valence-corrected chi connectivity index (χ3v) is 5.77. The molecule has 0 bridgehead atoms. The molecule has 1 fully saturated rings. The molecular weight excluding hydrogens is 374 g/mol. The minimum absolute atomic E-state index is 0.0339. The van der Waals surface area contributed by atoms with Crippen LogP contribution in [0.25, 0.3) is 0 Å². The van der Waals surface area contributed by atoms with Crippen LogP contribution in [-0.4, -0.2) is 66.3 Å². The molecule has 2 amide bonds. The van der Waals surface area contributed by atoms with E-state index in [-0.39, 0.29) is 11.8 Å². The maximum Gasteiger partial charge on any atom is 0.253 e. The number of nitrogens with zero attached hydrogens (tertiary/aromatic N) is 3. The highest BCUT2D eigenvalue weighted by Crippen LogP contribution is 2.21. The highest BCUT2D eigenvalue weighted by atomic mass is 16.2. The molecule has 1 saturated heterocycles. The van der Waals surface area contributed by atoms with Crippen LogP contribution in [0, 0.1) is 0 Å². The van der Waals surface area contributed by atoms with E-state index < -0.39 is 0 Å². The van der Waals surface area contributed by atoms with Crippen LogP contribution in [0.3, 0.4) is 0 Å². The average Bonchev–Trinajstić information content (AvgIpc) is 2.78. The molecule has 1 heterocycles. The minimum atomic E-state index is 0.0339. The van der Waals surface area contributed by atoms with E-state index in [9.17, 15) is 9.59 Å². The van der Waals surface area contributed by atoms with Gasteiger partial charge in [0.25, 0.3) is 11.8 Å². The number of rotatable bonds is 7. The molecule has 0 aliphatic carbocycles. The third-order valence-electron chi connectivity index (χ3n) is 5.77. The number of amides is 2. The zero-order valence-corrected chi connectivity index (χ0v) is 18.4. The first-order valence-electron chi connectivity index (χ1n) is 10.9. The number of benzene rings is 2. The summed E-state index contributed by atoms with van der Waals surface area (Å²) in [6, 6.07) is 18.0. The van der Waals surface area contributed by atoms with Gasteiger partial charge in [0.15, 0.2) is 0 Å². The molecule has 1 aliphatic heterocycles. The molecule has 2 aromatic carbocycles. The molecule has 0 unspecified atom stereocenters. The van der Waals surface area contributed by atoms with Crippen molar-refractivity contribution in [1.29, 1.82) is 0 Å². The summed E-state index contributed by atoms with van der Waals surface area (Å²) in [5, 5.41) is 0. The van der Waals surface area contributed by atoms with E-state index in [0.717, 1.165) is 56.6 Å². The summed E-state index contributed by atoms with van der Waals surface area (Å²) in [4.78, 5) is 31.1. The fourth-order valence-corrected chi connectivity index (χ4v) is 4.17. The van der Waals surface area contributed by atoms with Gasteiger partial charge < -0.3 is 9.80 Å². The van der Waals surface area contributed by atoms with Crippen LogP contribution in [0.15, 0.2) is 54.6 Å². The van der Waals surface area contributed by atoms with Gasteiger partial charge in [0, 0.05) is 50.9 Å². The lowest BCUT2D eigenvalue weighted by Crippen LogP contribution is -2.46. The largest absolute Gasteiger partial charge is 0.345 e. The highest BCUT2D eigenvalue weighted by molar-refractivity contribution is 5.94. The molecule has 160 valence electrons.